The molecule has 0 saturated carbocycles. The molecule has 2 aliphatic heterocycles. The number of nitrogens with one attached hydrogen (secondary N) is 1. The summed E-state index contributed by atoms with van der Waals surface area (Å²) in [5, 5.41) is 2.97. The van der Waals surface area contributed by atoms with Crippen LogP contribution in [0.5, 0.6) is 5.75 Å². The maximum absolute atomic E-state index is 14.1. The number of halogens is 1. The Labute approximate surface area is 192 Å². The zero-order valence-corrected chi connectivity index (χ0v) is 18.4. The fraction of sp³-hybridized carbons (Fsp3) is 0.320. The highest BCUT2D eigenvalue weighted by atomic mass is 19.1. The van der Waals surface area contributed by atoms with E-state index in [9.17, 15) is 9.18 Å². The molecule has 170 valence electrons. The Morgan fingerprint density at radius 2 is 2.09 bits per heavy atom. The summed E-state index contributed by atoms with van der Waals surface area (Å²) in [5.41, 5.74) is 2.70. The lowest BCUT2D eigenvalue weighted by Gasteiger charge is -2.49. The van der Waals surface area contributed by atoms with Crippen LogP contribution < -0.4 is 19.9 Å². The Morgan fingerprint density at radius 3 is 2.88 bits per heavy atom. The maximum atomic E-state index is 14.1. The number of nitrogens with zero attached hydrogens (tertiary/aromatic N) is 4. The van der Waals surface area contributed by atoms with Gasteiger partial charge in [-0.3, -0.25) is 9.78 Å². The molecular formula is C25H26FN5O2. The summed E-state index contributed by atoms with van der Waals surface area (Å²) in [7, 11) is 1.66. The Bertz CT molecular complexity index is 1140. The third-order valence-corrected chi connectivity index (χ3v) is 6.55. The number of carbonyl (C=O) groups is 1. The first-order chi connectivity index (χ1) is 16.1. The Kier molecular flexibility index (Phi) is 5.81. The molecule has 2 aliphatic rings. The smallest absolute Gasteiger partial charge is 0.225 e. The zero-order valence-electron chi connectivity index (χ0n) is 18.4. The van der Waals surface area contributed by atoms with Crippen LogP contribution in [0, 0.1) is 11.7 Å². The van der Waals surface area contributed by atoms with Crippen LogP contribution in [-0.2, 0) is 17.8 Å². The van der Waals surface area contributed by atoms with E-state index in [0.717, 1.165) is 35.9 Å². The van der Waals surface area contributed by atoms with Gasteiger partial charge in [-0.1, -0.05) is 24.3 Å². The molecule has 2 aromatic carbocycles. The van der Waals surface area contributed by atoms with Crippen molar-refractivity contribution in [1.82, 2.24) is 15.3 Å². The molecule has 7 nitrogen and oxygen atoms in total. The number of fused-ring (bicyclic) bond motifs is 3. The normalized spacial score (nSPS) is 19.5. The molecule has 0 radical (unpaired) electrons. The lowest BCUT2D eigenvalue weighted by Crippen LogP contribution is -2.61. The van der Waals surface area contributed by atoms with Gasteiger partial charge in [0.1, 0.15) is 17.4 Å². The molecule has 8 heteroatoms. The number of benzene rings is 2. The van der Waals surface area contributed by atoms with Crippen LogP contribution in [0.4, 0.5) is 15.9 Å². The van der Waals surface area contributed by atoms with Crippen molar-refractivity contribution in [3.63, 3.8) is 0 Å². The molecule has 1 N–H and O–H groups in total. The van der Waals surface area contributed by atoms with Gasteiger partial charge in [-0.2, -0.15) is 0 Å². The Balaban J connectivity index is 1.42. The molecule has 0 spiro atoms. The third-order valence-electron chi connectivity index (χ3n) is 6.55. The second-order valence-corrected chi connectivity index (χ2v) is 8.38. The van der Waals surface area contributed by atoms with E-state index in [1.54, 1.807) is 43.9 Å². The molecule has 2 atom stereocenters. The minimum Gasteiger partial charge on any atom is -0.497 e. The second-order valence-electron chi connectivity index (χ2n) is 8.38. The summed E-state index contributed by atoms with van der Waals surface area (Å²) in [5.74, 6) is 0.935. The van der Waals surface area contributed by atoms with Crippen LogP contribution in [0.3, 0.4) is 0 Å². The first kappa shape index (κ1) is 21.2. The number of carbonyl (C=O) groups excluding carboxylic acids is 1. The van der Waals surface area contributed by atoms with Gasteiger partial charge >= 0.3 is 0 Å². The molecule has 1 saturated heterocycles. The standard InChI is InChI=1S/C25H26FN5O2/c1-33-19-7-6-17-12-20(25(32)29-14-18-4-2-3-5-21(18)26)23-16-30(24-15-27-8-9-28-24)10-11-31(23)22(17)13-19/h2-9,13,15,20,23H,10-12,14,16H2,1H3,(H,29,32)/t20-,23+/m0/s1. The average molecular weight is 448 g/mol. The monoisotopic (exact) mass is 447 g/mol. The minimum absolute atomic E-state index is 0.0546. The topological polar surface area (TPSA) is 70.6 Å². The number of ether oxygens (including phenoxy) is 1. The van der Waals surface area contributed by atoms with E-state index in [0.29, 0.717) is 18.5 Å². The number of amides is 1. The van der Waals surface area contributed by atoms with Gasteiger partial charge in [0.05, 0.1) is 25.3 Å². The molecule has 0 unspecified atom stereocenters. The van der Waals surface area contributed by atoms with E-state index < -0.39 is 0 Å². The predicted octanol–water partition coefficient (Wildman–Crippen LogP) is 2.81. The Hall–Kier alpha value is -3.68. The quantitative estimate of drug-likeness (QED) is 0.649. The Morgan fingerprint density at radius 1 is 1.21 bits per heavy atom. The van der Waals surface area contributed by atoms with Crippen molar-refractivity contribution in [2.24, 2.45) is 5.92 Å². The van der Waals surface area contributed by atoms with E-state index in [-0.39, 0.29) is 30.2 Å². The van der Waals surface area contributed by atoms with Crippen LogP contribution in [0.1, 0.15) is 11.1 Å². The van der Waals surface area contributed by atoms with Crippen LogP contribution in [0.15, 0.2) is 61.1 Å². The van der Waals surface area contributed by atoms with Crippen LogP contribution in [-0.4, -0.2) is 48.7 Å². The largest absolute Gasteiger partial charge is 0.497 e. The lowest BCUT2D eigenvalue weighted by molar-refractivity contribution is -0.126. The number of rotatable bonds is 5. The van der Waals surface area contributed by atoms with Crippen molar-refractivity contribution in [3.05, 3.63) is 78.0 Å². The summed E-state index contributed by atoms with van der Waals surface area (Å²) < 4.78 is 19.5. The minimum atomic E-state index is -0.313. The number of hydrogen-bond donors (Lipinski definition) is 1. The molecule has 0 bridgehead atoms. The molecule has 33 heavy (non-hydrogen) atoms. The maximum Gasteiger partial charge on any atom is 0.225 e. The van der Waals surface area contributed by atoms with E-state index in [1.165, 1.54) is 6.07 Å². The molecule has 1 aromatic heterocycles. The summed E-state index contributed by atoms with van der Waals surface area (Å²) in [6.45, 7) is 2.33. The van der Waals surface area contributed by atoms with E-state index in [2.05, 4.69) is 25.1 Å². The summed E-state index contributed by atoms with van der Waals surface area (Å²) in [4.78, 5) is 26.5. The van der Waals surface area contributed by atoms with Gasteiger partial charge in [0.15, 0.2) is 0 Å². The highest BCUT2D eigenvalue weighted by Gasteiger charge is 2.42. The van der Waals surface area contributed by atoms with Crippen molar-refractivity contribution < 1.29 is 13.9 Å². The van der Waals surface area contributed by atoms with Crippen LogP contribution in [0.25, 0.3) is 0 Å². The SMILES string of the molecule is COc1ccc2c(c1)N1CCN(c3cnccn3)C[C@@H]1[C@@H](C(=O)NCc1ccccc1F)C2. The molecule has 0 aliphatic carbocycles. The molecular weight excluding hydrogens is 421 g/mol. The van der Waals surface area contributed by atoms with Crippen LogP contribution in [0.2, 0.25) is 0 Å². The van der Waals surface area contributed by atoms with Crippen molar-refractivity contribution in [3.8, 4) is 5.75 Å². The molecule has 1 fully saturated rings. The van der Waals surface area contributed by atoms with Crippen LogP contribution >= 0.6 is 0 Å². The van der Waals surface area contributed by atoms with Gasteiger partial charge in [0.2, 0.25) is 5.91 Å². The highest BCUT2D eigenvalue weighted by Crippen LogP contribution is 2.38. The molecule has 3 aromatic rings. The highest BCUT2D eigenvalue weighted by molar-refractivity contribution is 5.82. The van der Waals surface area contributed by atoms with Gasteiger partial charge in [-0.25, -0.2) is 9.37 Å². The fourth-order valence-electron chi connectivity index (χ4n) is 4.82. The van der Waals surface area contributed by atoms with Crippen molar-refractivity contribution in [1.29, 1.82) is 0 Å². The van der Waals surface area contributed by atoms with E-state index >= 15 is 0 Å². The number of aromatic nitrogens is 2. The van der Waals surface area contributed by atoms with Gasteiger partial charge < -0.3 is 19.9 Å². The summed E-state index contributed by atoms with van der Waals surface area (Å²) in [6.07, 6.45) is 5.70. The van der Waals surface area contributed by atoms with Crippen molar-refractivity contribution >= 4 is 17.4 Å². The van der Waals surface area contributed by atoms with Crippen molar-refractivity contribution in [2.75, 3.05) is 36.5 Å². The average Bonchev–Trinajstić information content (AvgIpc) is 2.87. The molecule has 1 amide bonds. The van der Waals surface area contributed by atoms with Gasteiger partial charge in [-0.05, 0) is 24.1 Å². The first-order valence-corrected chi connectivity index (χ1v) is 11.1. The third kappa shape index (κ3) is 4.20. The summed E-state index contributed by atoms with van der Waals surface area (Å²) in [6, 6.07) is 12.5. The predicted molar refractivity (Wildman–Crippen MR) is 124 cm³/mol. The molecule has 5 rings (SSSR count). The number of hydrogen-bond acceptors (Lipinski definition) is 6. The number of anilines is 2. The second kappa shape index (κ2) is 9.05. The number of piperazine rings is 1. The van der Waals surface area contributed by atoms with Gasteiger partial charge in [0, 0.05) is 55.9 Å². The molecule has 3 heterocycles. The van der Waals surface area contributed by atoms with Gasteiger partial charge in [-0.15, -0.1) is 0 Å². The zero-order chi connectivity index (χ0) is 22.8. The fourth-order valence-corrected chi connectivity index (χ4v) is 4.82. The van der Waals surface area contributed by atoms with Crippen molar-refractivity contribution in [2.45, 2.75) is 19.0 Å². The van der Waals surface area contributed by atoms with E-state index in [1.807, 2.05) is 18.2 Å². The van der Waals surface area contributed by atoms with E-state index in [4.69, 9.17) is 4.74 Å². The number of methoxy groups -OCH3 is 1. The van der Waals surface area contributed by atoms with Gasteiger partial charge in [0.25, 0.3) is 0 Å². The first-order valence-electron chi connectivity index (χ1n) is 11.1. The lowest BCUT2D eigenvalue weighted by atomic mass is 9.83. The summed E-state index contributed by atoms with van der Waals surface area (Å²) >= 11 is 0.